The second-order valence-electron chi connectivity index (χ2n) is 5.17. The first-order valence-corrected chi connectivity index (χ1v) is 8.32. The lowest BCUT2D eigenvalue weighted by atomic mass is 10.1. The lowest BCUT2D eigenvalue weighted by Gasteiger charge is -2.16. The number of methoxy groups -OCH3 is 1. The molecule has 4 nitrogen and oxygen atoms in total. The highest BCUT2D eigenvalue weighted by Gasteiger charge is 2.17. The summed E-state index contributed by atoms with van der Waals surface area (Å²) in [6, 6.07) is 9.11. The van der Waals surface area contributed by atoms with Gasteiger partial charge in [0.2, 0.25) is 0 Å². The highest BCUT2D eigenvalue weighted by atomic mass is 79.9. The molecular weight excluding hydrogens is 377 g/mol. The highest BCUT2D eigenvalue weighted by Crippen LogP contribution is 2.36. The third-order valence-electron chi connectivity index (χ3n) is 3.47. The third kappa shape index (κ3) is 4.26. The maximum atomic E-state index is 13.3. The summed E-state index contributed by atoms with van der Waals surface area (Å²) in [6.07, 6.45) is 0. The van der Waals surface area contributed by atoms with Crippen LogP contribution >= 0.6 is 15.9 Å². The molecule has 24 heavy (non-hydrogen) atoms. The monoisotopic (exact) mass is 395 g/mol. The Labute approximate surface area is 149 Å². The second-order valence-corrected chi connectivity index (χ2v) is 6.03. The average molecular weight is 396 g/mol. The summed E-state index contributed by atoms with van der Waals surface area (Å²) in [5.41, 5.74) is 1.12. The largest absolute Gasteiger partial charge is 0.492 e. The van der Waals surface area contributed by atoms with Crippen molar-refractivity contribution in [2.24, 2.45) is 0 Å². The number of carbonyl (C=O) groups excluding carboxylic acids is 1. The van der Waals surface area contributed by atoms with E-state index in [-0.39, 0.29) is 17.8 Å². The Bertz CT molecular complexity index is 736. The van der Waals surface area contributed by atoms with Crippen LogP contribution in [0.1, 0.15) is 35.8 Å². The van der Waals surface area contributed by atoms with E-state index >= 15 is 0 Å². The van der Waals surface area contributed by atoms with Gasteiger partial charge in [0.05, 0.1) is 24.2 Å². The number of halogens is 2. The van der Waals surface area contributed by atoms with Crippen molar-refractivity contribution in [3.8, 4) is 11.5 Å². The molecule has 0 aromatic heterocycles. The van der Waals surface area contributed by atoms with E-state index in [1.807, 2.05) is 6.92 Å². The molecule has 0 saturated heterocycles. The van der Waals surface area contributed by atoms with Crippen LogP contribution in [-0.2, 0) is 0 Å². The van der Waals surface area contributed by atoms with E-state index in [9.17, 15) is 9.18 Å². The predicted molar refractivity (Wildman–Crippen MR) is 94.1 cm³/mol. The zero-order valence-electron chi connectivity index (χ0n) is 13.7. The summed E-state index contributed by atoms with van der Waals surface area (Å²) in [6.45, 7) is 4.11. The van der Waals surface area contributed by atoms with Crippen LogP contribution in [0.3, 0.4) is 0 Å². The number of benzene rings is 2. The van der Waals surface area contributed by atoms with Crippen LogP contribution < -0.4 is 14.8 Å². The molecule has 1 N–H and O–H groups in total. The molecule has 6 heteroatoms. The van der Waals surface area contributed by atoms with Gasteiger partial charge in [0.1, 0.15) is 5.82 Å². The Morgan fingerprint density at radius 3 is 2.71 bits per heavy atom. The number of hydrogen-bond donors (Lipinski definition) is 1. The van der Waals surface area contributed by atoms with E-state index in [0.717, 1.165) is 0 Å². The Morgan fingerprint density at radius 2 is 2.08 bits per heavy atom. The molecule has 0 bridgehead atoms. The van der Waals surface area contributed by atoms with E-state index in [1.165, 1.54) is 19.2 Å². The fraction of sp³-hybridized carbons (Fsp3) is 0.278. The summed E-state index contributed by atoms with van der Waals surface area (Å²) in [5, 5.41) is 2.85. The Morgan fingerprint density at radius 1 is 1.33 bits per heavy atom. The Balaban J connectivity index is 2.23. The van der Waals surface area contributed by atoms with Crippen LogP contribution in [0.25, 0.3) is 0 Å². The van der Waals surface area contributed by atoms with Crippen molar-refractivity contribution >= 4 is 21.8 Å². The van der Waals surface area contributed by atoms with Gasteiger partial charge in [0.25, 0.3) is 5.91 Å². The van der Waals surface area contributed by atoms with Crippen LogP contribution in [0, 0.1) is 5.82 Å². The molecule has 1 atom stereocenters. The van der Waals surface area contributed by atoms with Gasteiger partial charge in [-0.25, -0.2) is 4.39 Å². The summed E-state index contributed by atoms with van der Waals surface area (Å²) in [5.74, 6) is 0.403. The Hall–Kier alpha value is -2.08. The molecule has 0 saturated carbocycles. The number of rotatable bonds is 6. The summed E-state index contributed by atoms with van der Waals surface area (Å²) in [7, 11) is 1.54. The van der Waals surface area contributed by atoms with E-state index in [1.54, 1.807) is 31.2 Å². The lowest BCUT2D eigenvalue weighted by Crippen LogP contribution is -2.26. The van der Waals surface area contributed by atoms with E-state index in [0.29, 0.717) is 33.7 Å². The summed E-state index contributed by atoms with van der Waals surface area (Å²) < 4.78 is 24.7. The molecule has 128 valence electrons. The molecule has 0 fully saturated rings. The van der Waals surface area contributed by atoms with Gasteiger partial charge < -0.3 is 14.8 Å². The van der Waals surface area contributed by atoms with Crippen LogP contribution in [0.2, 0.25) is 0 Å². The molecular formula is C18H19BrFNO3. The smallest absolute Gasteiger partial charge is 0.251 e. The molecule has 0 aliphatic carbocycles. The predicted octanol–water partition coefficient (Wildman–Crippen LogP) is 4.49. The van der Waals surface area contributed by atoms with Gasteiger partial charge in [-0.1, -0.05) is 12.1 Å². The number of hydrogen-bond acceptors (Lipinski definition) is 3. The van der Waals surface area contributed by atoms with Crippen molar-refractivity contribution in [1.29, 1.82) is 0 Å². The molecule has 0 aliphatic heterocycles. The molecule has 0 heterocycles. The first-order chi connectivity index (χ1) is 11.5. The van der Waals surface area contributed by atoms with Crippen molar-refractivity contribution in [3.05, 3.63) is 57.8 Å². The van der Waals surface area contributed by atoms with Crippen molar-refractivity contribution < 1.29 is 18.7 Å². The lowest BCUT2D eigenvalue weighted by molar-refractivity contribution is 0.0939. The average Bonchev–Trinajstić information content (AvgIpc) is 2.54. The first-order valence-electron chi connectivity index (χ1n) is 7.53. The van der Waals surface area contributed by atoms with Gasteiger partial charge >= 0.3 is 0 Å². The minimum absolute atomic E-state index is 0.281. The van der Waals surface area contributed by atoms with E-state index in [4.69, 9.17) is 9.47 Å². The van der Waals surface area contributed by atoms with Crippen LogP contribution in [0.15, 0.2) is 40.9 Å². The maximum Gasteiger partial charge on any atom is 0.251 e. The zero-order valence-corrected chi connectivity index (χ0v) is 15.3. The molecule has 1 amide bonds. The normalized spacial score (nSPS) is 11.7. The van der Waals surface area contributed by atoms with Gasteiger partial charge in [0, 0.05) is 5.56 Å². The van der Waals surface area contributed by atoms with Crippen molar-refractivity contribution in [2.75, 3.05) is 13.7 Å². The van der Waals surface area contributed by atoms with Crippen molar-refractivity contribution in [1.82, 2.24) is 5.32 Å². The minimum atomic E-state index is -0.334. The summed E-state index contributed by atoms with van der Waals surface area (Å²) >= 11 is 3.38. The number of nitrogens with one attached hydrogen (secondary N) is 1. The number of carbonyl (C=O) groups is 1. The van der Waals surface area contributed by atoms with Gasteiger partial charge in [-0.2, -0.15) is 0 Å². The van der Waals surface area contributed by atoms with Crippen molar-refractivity contribution in [3.63, 3.8) is 0 Å². The highest BCUT2D eigenvalue weighted by molar-refractivity contribution is 9.10. The van der Waals surface area contributed by atoms with Gasteiger partial charge in [-0.3, -0.25) is 4.79 Å². The fourth-order valence-corrected chi connectivity index (χ4v) is 2.90. The zero-order chi connectivity index (χ0) is 17.7. The van der Waals surface area contributed by atoms with Crippen LogP contribution in [0.4, 0.5) is 4.39 Å². The first kappa shape index (κ1) is 18.3. The van der Waals surface area contributed by atoms with Gasteiger partial charge in [-0.15, -0.1) is 0 Å². The minimum Gasteiger partial charge on any atom is -0.492 e. The van der Waals surface area contributed by atoms with Gasteiger partial charge in [0.15, 0.2) is 11.5 Å². The number of amides is 1. The molecule has 2 aromatic carbocycles. The third-order valence-corrected chi connectivity index (χ3v) is 4.06. The quantitative estimate of drug-likeness (QED) is 0.783. The molecule has 0 spiro atoms. The standard InChI is InChI=1S/C18H19BrFNO3/c1-4-24-16-10-13(9-15(19)17(16)23-3)18(22)21-11(2)12-6-5-7-14(20)8-12/h5-11H,4H2,1-3H3,(H,21,22)/t11-/m0/s1. The second kappa shape index (κ2) is 8.15. The fourth-order valence-electron chi connectivity index (χ4n) is 2.30. The number of ether oxygens (including phenoxy) is 2. The topological polar surface area (TPSA) is 47.6 Å². The molecule has 2 aromatic rings. The molecule has 0 radical (unpaired) electrons. The van der Waals surface area contributed by atoms with Gasteiger partial charge in [-0.05, 0) is 59.6 Å². The van der Waals surface area contributed by atoms with E-state index in [2.05, 4.69) is 21.2 Å². The van der Waals surface area contributed by atoms with Crippen molar-refractivity contribution in [2.45, 2.75) is 19.9 Å². The Kier molecular flexibility index (Phi) is 6.20. The van der Waals surface area contributed by atoms with Crippen LogP contribution in [0.5, 0.6) is 11.5 Å². The maximum absolute atomic E-state index is 13.3. The molecule has 2 rings (SSSR count). The summed E-state index contributed by atoms with van der Waals surface area (Å²) in [4.78, 5) is 12.5. The SMILES string of the molecule is CCOc1cc(C(=O)N[C@@H](C)c2cccc(F)c2)cc(Br)c1OC. The molecule has 0 unspecified atom stereocenters. The molecule has 0 aliphatic rings. The van der Waals surface area contributed by atoms with E-state index < -0.39 is 0 Å². The van der Waals surface area contributed by atoms with Crippen LogP contribution in [-0.4, -0.2) is 19.6 Å².